The number of anilines is 2. The standard InChI is InChI=1S/C24H32ClN7O4S/c25-23-22(28-15-19-2-1-13-36-17-19)16-29-32(24(23)33)21-7-10-30(11-8-21)37(34,35)31(12-9-26)20-5-3-18(14-27)4-6-20/h3-6,16,19,21,28H,1-2,7-13,15,17,26H2/t19-/m1/s1. The Balaban J connectivity index is 1.42. The van der Waals surface area contributed by atoms with Gasteiger partial charge in [0.2, 0.25) is 0 Å². The van der Waals surface area contributed by atoms with Crippen molar-refractivity contribution in [3.8, 4) is 6.07 Å². The van der Waals surface area contributed by atoms with Gasteiger partial charge in [-0.15, -0.1) is 0 Å². The fraction of sp³-hybridized carbons (Fsp3) is 0.542. The average Bonchev–Trinajstić information content (AvgIpc) is 2.93. The van der Waals surface area contributed by atoms with Gasteiger partial charge < -0.3 is 15.8 Å². The van der Waals surface area contributed by atoms with Gasteiger partial charge in [0, 0.05) is 39.3 Å². The van der Waals surface area contributed by atoms with E-state index in [0.717, 1.165) is 19.4 Å². The summed E-state index contributed by atoms with van der Waals surface area (Å²) in [5.41, 5.74) is 6.69. The van der Waals surface area contributed by atoms with Crippen molar-refractivity contribution in [3.63, 3.8) is 0 Å². The van der Waals surface area contributed by atoms with Gasteiger partial charge in [0.1, 0.15) is 5.02 Å². The molecule has 11 nitrogen and oxygen atoms in total. The lowest BCUT2D eigenvalue weighted by atomic mass is 10.0. The summed E-state index contributed by atoms with van der Waals surface area (Å²) in [6.07, 6.45) is 4.47. The van der Waals surface area contributed by atoms with E-state index in [0.29, 0.717) is 48.8 Å². The first kappa shape index (κ1) is 27.3. The van der Waals surface area contributed by atoms with Crippen LogP contribution in [0.2, 0.25) is 5.02 Å². The first-order valence-corrected chi connectivity index (χ1v) is 14.2. The molecule has 0 aliphatic carbocycles. The molecule has 2 aromatic rings. The molecular formula is C24H32ClN7O4S. The zero-order valence-corrected chi connectivity index (χ0v) is 22.1. The molecule has 2 aliphatic heterocycles. The number of hydrogen-bond acceptors (Lipinski definition) is 8. The molecule has 4 rings (SSSR count). The van der Waals surface area contributed by atoms with Crippen LogP contribution in [0.4, 0.5) is 11.4 Å². The lowest BCUT2D eigenvalue weighted by Crippen LogP contribution is -2.49. The fourth-order valence-electron chi connectivity index (χ4n) is 4.70. The molecule has 200 valence electrons. The van der Waals surface area contributed by atoms with Gasteiger partial charge in [-0.1, -0.05) is 11.6 Å². The van der Waals surface area contributed by atoms with Gasteiger partial charge in [0.15, 0.2) is 0 Å². The second kappa shape index (κ2) is 12.2. The second-order valence-corrected chi connectivity index (χ2v) is 11.5. The Morgan fingerprint density at radius 3 is 2.59 bits per heavy atom. The van der Waals surface area contributed by atoms with Crippen LogP contribution in [-0.4, -0.2) is 68.4 Å². The summed E-state index contributed by atoms with van der Waals surface area (Å²) < 4.78 is 36.4. The number of halogens is 1. The quantitative estimate of drug-likeness (QED) is 0.482. The van der Waals surface area contributed by atoms with Crippen molar-refractivity contribution in [2.45, 2.75) is 31.7 Å². The van der Waals surface area contributed by atoms with Crippen LogP contribution in [0.15, 0.2) is 35.3 Å². The van der Waals surface area contributed by atoms with Crippen molar-refractivity contribution in [1.29, 1.82) is 5.26 Å². The van der Waals surface area contributed by atoms with Crippen molar-refractivity contribution in [3.05, 3.63) is 51.4 Å². The van der Waals surface area contributed by atoms with Crippen molar-refractivity contribution >= 4 is 33.2 Å². The summed E-state index contributed by atoms with van der Waals surface area (Å²) in [5, 5.41) is 16.7. The summed E-state index contributed by atoms with van der Waals surface area (Å²) in [7, 11) is -3.86. The lowest BCUT2D eigenvalue weighted by Gasteiger charge is -2.35. The number of aromatic nitrogens is 2. The van der Waals surface area contributed by atoms with Gasteiger partial charge in [0.25, 0.3) is 5.56 Å². The Kier molecular flexibility index (Phi) is 9.04. The Morgan fingerprint density at radius 2 is 1.97 bits per heavy atom. The van der Waals surface area contributed by atoms with Crippen LogP contribution in [0.5, 0.6) is 0 Å². The van der Waals surface area contributed by atoms with Crippen molar-refractivity contribution in [2.24, 2.45) is 11.7 Å². The predicted molar refractivity (Wildman–Crippen MR) is 142 cm³/mol. The van der Waals surface area contributed by atoms with E-state index in [1.807, 2.05) is 6.07 Å². The largest absolute Gasteiger partial charge is 0.382 e. The molecule has 13 heteroatoms. The predicted octanol–water partition coefficient (Wildman–Crippen LogP) is 1.95. The number of ether oxygens (including phenoxy) is 1. The normalized spacial score (nSPS) is 19.3. The van der Waals surface area contributed by atoms with Gasteiger partial charge in [-0.25, -0.2) is 4.68 Å². The number of benzene rings is 1. The number of rotatable bonds is 9. The number of piperidine rings is 1. The maximum absolute atomic E-state index is 13.5. The van der Waals surface area contributed by atoms with Crippen molar-refractivity contribution in [1.82, 2.24) is 14.1 Å². The second-order valence-electron chi connectivity index (χ2n) is 9.24. The highest BCUT2D eigenvalue weighted by Crippen LogP contribution is 2.28. The molecule has 1 atom stereocenters. The molecule has 2 aliphatic rings. The topological polar surface area (TPSA) is 147 Å². The monoisotopic (exact) mass is 549 g/mol. The molecule has 0 unspecified atom stereocenters. The van der Waals surface area contributed by atoms with Gasteiger partial charge in [0.05, 0.1) is 41.9 Å². The molecule has 0 amide bonds. The van der Waals surface area contributed by atoms with E-state index < -0.39 is 15.8 Å². The van der Waals surface area contributed by atoms with Crippen LogP contribution in [0.1, 0.15) is 37.3 Å². The van der Waals surface area contributed by atoms with Crippen LogP contribution in [0.25, 0.3) is 0 Å². The molecule has 3 N–H and O–H groups in total. The minimum absolute atomic E-state index is 0.0803. The summed E-state index contributed by atoms with van der Waals surface area (Å²) in [6, 6.07) is 8.10. The summed E-state index contributed by atoms with van der Waals surface area (Å²) in [5.74, 6) is 0.363. The summed E-state index contributed by atoms with van der Waals surface area (Å²) in [4.78, 5) is 13.0. The van der Waals surface area contributed by atoms with E-state index in [-0.39, 0.29) is 37.2 Å². The number of nitrogens with zero attached hydrogens (tertiary/aromatic N) is 5. The number of nitrogens with one attached hydrogen (secondary N) is 1. The third-order valence-electron chi connectivity index (χ3n) is 6.77. The van der Waals surface area contributed by atoms with Crippen LogP contribution < -0.4 is 20.9 Å². The first-order chi connectivity index (χ1) is 17.8. The Labute approximate surface area is 221 Å². The van der Waals surface area contributed by atoms with E-state index in [9.17, 15) is 13.2 Å². The van der Waals surface area contributed by atoms with Crippen LogP contribution in [0, 0.1) is 17.2 Å². The molecular weight excluding hydrogens is 518 g/mol. The molecule has 0 bridgehead atoms. The van der Waals surface area contributed by atoms with Gasteiger partial charge in [-0.05, 0) is 55.9 Å². The Bertz CT molecular complexity index is 1270. The molecule has 0 radical (unpaired) electrons. The number of nitrogens with two attached hydrogens (primary N) is 1. The fourth-order valence-corrected chi connectivity index (χ4v) is 6.58. The highest BCUT2D eigenvalue weighted by molar-refractivity contribution is 7.90. The van der Waals surface area contributed by atoms with Crippen LogP contribution in [0.3, 0.4) is 0 Å². The van der Waals surface area contributed by atoms with E-state index >= 15 is 0 Å². The van der Waals surface area contributed by atoms with E-state index in [4.69, 9.17) is 27.3 Å². The van der Waals surface area contributed by atoms with Gasteiger partial charge >= 0.3 is 10.2 Å². The molecule has 1 aromatic heterocycles. The lowest BCUT2D eigenvalue weighted by molar-refractivity contribution is 0.0595. The zero-order chi connectivity index (χ0) is 26.4. The molecule has 3 heterocycles. The van der Waals surface area contributed by atoms with Gasteiger partial charge in [-0.2, -0.15) is 23.1 Å². The smallest absolute Gasteiger partial charge is 0.304 e. The van der Waals surface area contributed by atoms with E-state index in [1.54, 1.807) is 30.5 Å². The number of hydrogen-bond donors (Lipinski definition) is 2. The molecule has 2 saturated heterocycles. The van der Waals surface area contributed by atoms with Crippen LogP contribution in [-0.2, 0) is 14.9 Å². The van der Waals surface area contributed by atoms with Crippen molar-refractivity contribution in [2.75, 3.05) is 55.6 Å². The zero-order valence-electron chi connectivity index (χ0n) is 20.6. The minimum Gasteiger partial charge on any atom is -0.382 e. The van der Waals surface area contributed by atoms with Crippen LogP contribution >= 0.6 is 11.6 Å². The molecule has 37 heavy (non-hydrogen) atoms. The highest BCUT2D eigenvalue weighted by atomic mass is 35.5. The maximum Gasteiger partial charge on any atom is 0.304 e. The third-order valence-corrected chi connectivity index (χ3v) is 9.10. The molecule has 0 saturated carbocycles. The average molecular weight is 550 g/mol. The minimum atomic E-state index is -3.86. The third kappa shape index (κ3) is 6.25. The van der Waals surface area contributed by atoms with Gasteiger partial charge in [-0.3, -0.25) is 9.10 Å². The summed E-state index contributed by atoms with van der Waals surface area (Å²) >= 11 is 6.39. The highest BCUT2D eigenvalue weighted by Gasteiger charge is 2.34. The Morgan fingerprint density at radius 1 is 1.24 bits per heavy atom. The SMILES string of the molecule is N#Cc1ccc(N(CCN)S(=O)(=O)N2CCC(n3ncc(NC[C@H]4CCCOC4)c(Cl)c3=O)CC2)cc1. The number of nitriles is 1. The maximum atomic E-state index is 13.5. The Hall–Kier alpha value is -2.69. The van der Waals surface area contributed by atoms with Crippen molar-refractivity contribution < 1.29 is 13.2 Å². The molecule has 2 fully saturated rings. The summed E-state index contributed by atoms with van der Waals surface area (Å²) in [6.45, 7) is 2.81. The van der Waals surface area contributed by atoms with E-state index in [2.05, 4.69) is 10.4 Å². The van der Waals surface area contributed by atoms with E-state index in [1.165, 1.54) is 13.3 Å². The first-order valence-electron chi connectivity index (χ1n) is 12.4. The molecule has 1 aromatic carbocycles. The molecule has 0 spiro atoms.